The predicted molar refractivity (Wildman–Crippen MR) is 243 cm³/mol. The van der Waals surface area contributed by atoms with E-state index in [0.29, 0.717) is 59.2 Å². The highest BCUT2D eigenvalue weighted by Crippen LogP contribution is 2.61. The maximum atomic E-state index is 14.9. The molecule has 68 heavy (non-hydrogen) atoms. The Bertz CT molecular complexity index is 2250. The molecular formula is C48H58Cl2F6N6O6. The molecule has 4 aliphatic rings. The minimum Gasteiger partial charge on any atom is -0.354 e. The molecular weight excluding hydrogens is 941 g/mol. The molecule has 1 saturated heterocycles. The number of nitrogens with one attached hydrogen (secondary N) is 3. The van der Waals surface area contributed by atoms with Crippen LogP contribution in [0.2, 0.25) is 10.0 Å². The lowest BCUT2D eigenvalue weighted by Gasteiger charge is -2.48. The first-order valence-corrected chi connectivity index (χ1v) is 23.7. The maximum Gasteiger partial charge on any atom is 0.403 e. The van der Waals surface area contributed by atoms with Crippen LogP contribution in [0.5, 0.6) is 0 Å². The molecule has 6 amide bonds. The number of nitrogens with zero attached hydrogens (tertiary/aromatic N) is 3. The fourth-order valence-electron chi connectivity index (χ4n) is 9.41. The summed E-state index contributed by atoms with van der Waals surface area (Å²) in [5.74, 6) is -9.88. The molecule has 20 heteroatoms. The standard InChI is InChI=1S/C48H58Cl2F6N6O6/c1-27(2)19-35-43(66)61(4)37(22-30-21-32(50)16-17-34(30)29-11-10-12-31(49)20-29)40(63)57-18-9-7-5-6-8-13-36(41(64)58-35)60(3)44(67)39(28-14-15-28)59-42(65)38-23-33(51)24-62(38)45(68)46(48(54,55)56)25-47(52,53)26-46/h6,8,10-12,16-17,20-21,27-28,33,35-39H,5,7,9,13-15,18-19,22-26H2,1-4H3,(H,57,63)(H,58,64)(H,59,65)/b8-6+/t33-,35+,36+,37+,38+,39+/m1/s1. The third kappa shape index (κ3) is 12.1. The van der Waals surface area contributed by atoms with Crippen LogP contribution in [0, 0.1) is 17.3 Å². The second-order valence-electron chi connectivity index (χ2n) is 19.0. The summed E-state index contributed by atoms with van der Waals surface area (Å²) in [5.41, 5.74) is -1.33. The minimum absolute atomic E-state index is 0.0309. The highest BCUT2D eigenvalue weighted by molar-refractivity contribution is 6.31. The number of hydrogen-bond acceptors (Lipinski definition) is 6. The van der Waals surface area contributed by atoms with Gasteiger partial charge in [-0.15, -0.1) is 0 Å². The van der Waals surface area contributed by atoms with Gasteiger partial charge in [-0.25, -0.2) is 13.2 Å². The molecule has 6 rings (SSSR count). The number of amides is 6. The van der Waals surface area contributed by atoms with Crippen LogP contribution in [0.3, 0.4) is 0 Å². The van der Waals surface area contributed by atoms with E-state index in [4.69, 9.17) is 23.2 Å². The summed E-state index contributed by atoms with van der Waals surface area (Å²) in [6.07, 6.45) is -5.44. The van der Waals surface area contributed by atoms with Gasteiger partial charge in [0.25, 0.3) is 5.92 Å². The number of likely N-dealkylation sites (N-methyl/N-ethyl adjacent to an activating group) is 2. The Balaban J connectivity index is 1.25. The molecule has 2 saturated carbocycles. The van der Waals surface area contributed by atoms with E-state index < -0.39 is 121 Å². The number of hydrogen-bond donors (Lipinski definition) is 3. The smallest absolute Gasteiger partial charge is 0.354 e. The van der Waals surface area contributed by atoms with E-state index in [2.05, 4.69) is 16.0 Å². The van der Waals surface area contributed by atoms with Gasteiger partial charge in [0.15, 0.2) is 5.41 Å². The van der Waals surface area contributed by atoms with Crippen molar-refractivity contribution in [2.24, 2.45) is 17.3 Å². The van der Waals surface area contributed by atoms with Crippen LogP contribution in [0.4, 0.5) is 26.3 Å². The topological polar surface area (TPSA) is 148 Å². The van der Waals surface area contributed by atoms with Gasteiger partial charge in [0.05, 0.1) is 6.54 Å². The second kappa shape index (κ2) is 21.4. The molecule has 3 fully saturated rings. The van der Waals surface area contributed by atoms with Crippen LogP contribution in [0.15, 0.2) is 54.6 Å². The number of benzene rings is 2. The van der Waals surface area contributed by atoms with Crippen LogP contribution >= 0.6 is 23.2 Å². The van der Waals surface area contributed by atoms with Crippen LogP contribution in [-0.4, -0.2) is 126 Å². The molecule has 0 unspecified atom stereocenters. The zero-order valence-corrected chi connectivity index (χ0v) is 39.8. The molecule has 2 heterocycles. The Morgan fingerprint density at radius 1 is 0.971 bits per heavy atom. The monoisotopic (exact) mass is 998 g/mol. The first kappa shape index (κ1) is 52.5. The highest BCUT2D eigenvalue weighted by atomic mass is 35.5. The summed E-state index contributed by atoms with van der Waals surface area (Å²) in [7, 11) is 2.81. The summed E-state index contributed by atoms with van der Waals surface area (Å²) in [4.78, 5) is 87.7. The largest absolute Gasteiger partial charge is 0.403 e. The van der Waals surface area contributed by atoms with E-state index in [0.717, 1.165) is 16.0 Å². The molecule has 2 aromatic carbocycles. The van der Waals surface area contributed by atoms with Crippen molar-refractivity contribution in [3.8, 4) is 11.1 Å². The summed E-state index contributed by atoms with van der Waals surface area (Å²) < 4.78 is 85.3. The quantitative estimate of drug-likeness (QED) is 0.158. The number of carbonyl (C=O) groups is 6. The number of allylic oxidation sites excluding steroid dienone is 1. The van der Waals surface area contributed by atoms with Gasteiger partial charge >= 0.3 is 6.18 Å². The average Bonchev–Trinajstić information content (AvgIpc) is 4.02. The molecule has 6 atom stereocenters. The molecule has 3 N–H and O–H groups in total. The van der Waals surface area contributed by atoms with Gasteiger partial charge in [0.2, 0.25) is 35.4 Å². The molecule has 2 aromatic rings. The maximum absolute atomic E-state index is 14.9. The molecule has 0 spiro atoms. The van der Waals surface area contributed by atoms with Crippen LogP contribution in [0.25, 0.3) is 11.1 Å². The molecule has 0 aromatic heterocycles. The Morgan fingerprint density at radius 2 is 1.66 bits per heavy atom. The number of carbonyl (C=O) groups excluding carboxylic acids is 6. The van der Waals surface area contributed by atoms with Crippen molar-refractivity contribution in [3.05, 3.63) is 70.2 Å². The van der Waals surface area contributed by atoms with Crippen LogP contribution < -0.4 is 16.0 Å². The van der Waals surface area contributed by atoms with Crippen molar-refractivity contribution in [2.75, 3.05) is 27.2 Å². The average molecular weight is 1000 g/mol. The number of rotatable bonds is 11. The van der Waals surface area contributed by atoms with E-state index >= 15 is 0 Å². The lowest BCUT2D eigenvalue weighted by atomic mass is 9.64. The van der Waals surface area contributed by atoms with Crippen molar-refractivity contribution < 1.29 is 55.1 Å². The lowest BCUT2D eigenvalue weighted by Crippen LogP contribution is -2.65. The molecule has 2 aliphatic heterocycles. The van der Waals surface area contributed by atoms with Crippen molar-refractivity contribution in [3.63, 3.8) is 0 Å². The summed E-state index contributed by atoms with van der Waals surface area (Å²) >= 11 is 12.8. The zero-order valence-electron chi connectivity index (χ0n) is 38.3. The van der Waals surface area contributed by atoms with Crippen molar-refractivity contribution in [1.29, 1.82) is 0 Å². The molecule has 0 radical (unpaired) electrons. The Hall–Kier alpha value is -4.84. The SMILES string of the molecule is CC(C)C[C@@H]1NC(=O)[C@@H](N(C)C(=O)[C@@H](NC(=O)[C@@H]2C[C@@H](F)CN2C(=O)C2(C(F)(F)F)CC(F)(F)C2)C2CC2)C/C=C/CCCCNC(=O)[C@H](Cc2cc(Cl)ccc2-c2cccc(Cl)c2)N(C)C1=O. The molecule has 2 aliphatic carbocycles. The van der Waals surface area contributed by atoms with Gasteiger partial charge in [0.1, 0.15) is 36.4 Å². The van der Waals surface area contributed by atoms with Gasteiger partial charge in [-0.2, -0.15) is 13.2 Å². The minimum atomic E-state index is -5.40. The van der Waals surface area contributed by atoms with Gasteiger partial charge in [0, 0.05) is 56.4 Å². The number of halogens is 8. The Labute approximate surface area is 401 Å². The first-order valence-electron chi connectivity index (χ1n) is 22.9. The Morgan fingerprint density at radius 3 is 2.29 bits per heavy atom. The van der Waals surface area contributed by atoms with E-state index in [1.54, 1.807) is 36.4 Å². The summed E-state index contributed by atoms with van der Waals surface area (Å²) in [5, 5.41) is 9.22. The fraction of sp³-hybridized carbons (Fsp3) is 0.583. The van der Waals surface area contributed by atoms with Crippen LogP contribution in [-0.2, 0) is 35.2 Å². The van der Waals surface area contributed by atoms with E-state index in [-0.39, 0.29) is 25.2 Å². The van der Waals surface area contributed by atoms with Gasteiger partial charge < -0.3 is 30.7 Å². The fourth-order valence-corrected chi connectivity index (χ4v) is 9.80. The second-order valence-corrected chi connectivity index (χ2v) is 19.9. The molecule has 372 valence electrons. The third-order valence-corrected chi connectivity index (χ3v) is 13.8. The molecule has 12 nitrogen and oxygen atoms in total. The number of alkyl halides is 6. The van der Waals surface area contributed by atoms with Crippen molar-refractivity contribution >= 4 is 58.6 Å². The van der Waals surface area contributed by atoms with Gasteiger partial charge in [-0.3, -0.25) is 28.8 Å². The van der Waals surface area contributed by atoms with Gasteiger partial charge in [-0.1, -0.05) is 67.4 Å². The predicted octanol–water partition coefficient (Wildman–Crippen LogP) is 7.45. The van der Waals surface area contributed by atoms with Crippen molar-refractivity contribution in [1.82, 2.24) is 30.7 Å². The van der Waals surface area contributed by atoms with E-state index in [1.165, 1.54) is 19.0 Å². The Kier molecular flexibility index (Phi) is 16.6. The third-order valence-electron chi connectivity index (χ3n) is 13.3. The van der Waals surface area contributed by atoms with E-state index in [9.17, 15) is 55.1 Å². The zero-order chi connectivity index (χ0) is 49.9. The van der Waals surface area contributed by atoms with Crippen molar-refractivity contribution in [2.45, 2.75) is 133 Å². The van der Waals surface area contributed by atoms with E-state index in [1.807, 2.05) is 32.1 Å². The molecule has 0 bridgehead atoms. The van der Waals surface area contributed by atoms with Crippen LogP contribution in [0.1, 0.15) is 83.6 Å². The normalized spacial score (nSPS) is 25.8. The summed E-state index contributed by atoms with van der Waals surface area (Å²) in [6, 6.07) is 5.68. The van der Waals surface area contributed by atoms with Gasteiger partial charge in [-0.05, 0) is 97.7 Å². The summed E-state index contributed by atoms with van der Waals surface area (Å²) in [6.45, 7) is 3.07. The lowest BCUT2D eigenvalue weighted by molar-refractivity contribution is -0.299. The first-order chi connectivity index (χ1) is 31.9. The number of likely N-dealkylation sites (tertiary alicyclic amines) is 1. The highest BCUT2D eigenvalue weighted by Gasteiger charge is 2.75.